The van der Waals surface area contributed by atoms with E-state index in [0.29, 0.717) is 31.1 Å². The second-order valence-electron chi connectivity index (χ2n) is 6.30. The summed E-state index contributed by atoms with van der Waals surface area (Å²) in [7, 11) is 0. The molecule has 1 aliphatic carbocycles. The lowest BCUT2D eigenvalue weighted by molar-refractivity contribution is -0.0136. The lowest BCUT2D eigenvalue weighted by Crippen LogP contribution is -2.42. The lowest BCUT2D eigenvalue weighted by atomic mass is 10.0. The standard InChI is InChI=1S/C16H19FN4O2/c1-2-16(4-5-16)14-7-10(17)12-8-18-15(20-21(12)14)19-11-3-6-23-9-13(11)22/h2,7-8,11,13,22H,1,3-6,9H2,(H,19,20)/t11-,13-/m1/s1. The fourth-order valence-corrected chi connectivity index (χ4v) is 3.13. The van der Waals surface area contributed by atoms with Gasteiger partial charge in [0.2, 0.25) is 5.95 Å². The second kappa shape index (κ2) is 5.28. The SMILES string of the molecule is C=CC1(c2cc(F)c3cnc(N[C@@H]4CCOC[C@H]4O)nn23)CC1. The first kappa shape index (κ1) is 14.6. The zero-order valence-corrected chi connectivity index (χ0v) is 12.7. The summed E-state index contributed by atoms with van der Waals surface area (Å²) in [6, 6.07) is 1.35. The predicted octanol–water partition coefficient (Wildman–Crippen LogP) is 1.65. The smallest absolute Gasteiger partial charge is 0.241 e. The number of fused-ring (bicyclic) bond motifs is 1. The van der Waals surface area contributed by atoms with Crippen molar-refractivity contribution in [3.05, 3.63) is 36.4 Å². The van der Waals surface area contributed by atoms with Crippen molar-refractivity contribution in [2.24, 2.45) is 0 Å². The van der Waals surface area contributed by atoms with E-state index >= 15 is 0 Å². The molecule has 0 bridgehead atoms. The Kier molecular flexibility index (Phi) is 3.35. The molecule has 3 heterocycles. The van der Waals surface area contributed by atoms with Crippen LogP contribution in [0.2, 0.25) is 0 Å². The number of hydrogen-bond acceptors (Lipinski definition) is 5. The van der Waals surface area contributed by atoms with Gasteiger partial charge in [-0.15, -0.1) is 11.7 Å². The van der Waals surface area contributed by atoms with Crippen molar-refractivity contribution in [3.8, 4) is 0 Å². The lowest BCUT2D eigenvalue weighted by Gasteiger charge is -2.28. The van der Waals surface area contributed by atoms with Gasteiger partial charge in [-0.25, -0.2) is 13.9 Å². The Balaban J connectivity index is 1.69. The Hall–Kier alpha value is -1.99. The molecular weight excluding hydrogens is 299 g/mol. The molecule has 0 unspecified atom stereocenters. The van der Waals surface area contributed by atoms with Crippen LogP contribution in [0.5, 0.6) is 0 Å². The first-order valence-corrected chi connectivity index (χ1v) is 7.84. The molecule has 4 rings (SSSR count). The number of rotatable bonds is 4. The van der Waals surface area contributed by atoms with Gasteiger partial charge in [-0.3, -0.25) is 0 Å². The summed E-state index contributed by atoms with van der Waals surface area (Å²) in [6.45, 7) is 4.75. The van der Waals surface area contributed by atoms with Crippen LogP contribution >= 0.6 is 0 Å². The zero-order valence-electron chi connectivity index (χ0n) is 12.7. The largest absolute Gasteiger partial charge is 0.389 e. The van der Waals surface area contributed by atoms with Crippen molar-refractivity contribution in [2.75, 3.05) is 18.5 Å². The van der Waals surface area contributed by atoms with Crippen LogP contribution in [-0.2, 0) is 10.2 Å². The molecule has 23 heavy (non-hydrogen) atoms. The summed E-state index contributed by atoms with van der Waals surface area (Å²) in [4.78, 5) is 4.18. The maximum atomic E-state index is 14.1. The molecule has 0 amide bonds. The van der Waals surface area contributed by atoms with Crippen LogP contribution in [0, 0.1) is 5.82 Å². The molecule has 1 saturated heterocycles. The molecule has 1 saturated carbocycles. The number of hydrogen-bond donors (Lipinski definition) is 2. The van der Waals surface area contributed by atoms with Crippen LogP contribution in [0.4, 0.5) is 10.3 Å². The van der Waals surface area contributed by atoms with Crippen molar-refractivity contribution in [1.29, 1.82) is 0 Å². The van der Waals surface area contributed by atoms with Crippen molar-refractivity contribution >= 4 is 11.5 Å². The van der Waals surface area contributed by atoms with E-state index in [4.69, 9.17) is 4.74 Å². The van der Waals surface area contributed by atoms with Crippen molar-refractivity contribution in [2.45, 2.75) is 36.8 Å². The van der Waals surface area contributed by atoms with Crippen LogP contribution in [0.15, 0.2) is 24.9 Å². The molecule has 0 spiro atoms. The van der Waals surface area contributed by atoms with Crippen LogP contribution in [0.25, 0.3) is 5.52 Å². The Bertz CT molecular complexity index is 756. The Morgan fingerprint density at radius 1 is 1.52 bits per heavy atom. The third-order valence-electron chi connectivity index (χ3n) is 4.80. The van der Waals surface area contributed by atoms with Crippen LogP contribution < -0.4 is 5.32 Å². The molecule has 2 aromatic rings. The van der Waals surface area contributed by atoms with Gasteiger partial charge in [-0.2, -0.15) is 0 Å². The third kappa shape index (κ3) is 2.40. The van der Waals surface area contributed by atoms with Gasteiger partial charge in [0.15, 0.2) is 5.82 Å². The van der Waals surface area contributed by atoms with Gasteiger partial charge in [0, 0.05) is 12.0 Å². The van der Waals surface area contributed by atoms with Crippen molar-refractivity contribution < 1.29 is 14.2 Å². The highest BCUT2D eigenvalue weighted by Gasteiger charge is 2.44. The van der Waals surface area contributed by atoms with Crippen molar-refractivity contribution in [3.63, 3.8) is 0 Å². The number of nitrogens with zero attached hydrogens (tertiary/aromatic N) is 3. The number of allylic oxidation sites excluding steroid dienone is 1. The Morgan fingerprint density at radius 3 is 3.04 bits per heavy atom. The monoisotopic (exact) mass is 318 g/mol. The van der Waals surface area contributed by atoms with E-state index < -0.39 is 6.10 Å². The quantitative estimate of drug-likeness (QED) is 0.839. The highest BCUT2D eigenvalue weighted by atomic mass is 19.1. The fraction of sp³-hybridized carbons (Fsp3) is 0.500. The number of anilines is 1. The van der Waals surface area contributed by atoms with Gasteiger partial charge in [-0.1, -0.05) is 6.08 Å². The third-order valence-corrected chi connectivity index (χ3v) is 4.80. The first-order valence-electron chi connectivity index (χ1n) is 7.84. The molecule has 0 radical (unpaired) electrons. The highest BCUT2D eigenvalue weighted by Crippen LogP contribution is 2.49. The summed E-state index contributed by atoms with van der Waals surface area (Å²) in [5.74, 6) is 0.0472. The molecule has 1 aliphatic heterocycles. The number of nitrogens with one attached hydrogen (secondary N) is 1. The molecule has 6 nitrogen and oxygen atoms in total. The molecule has 2 N–H and O–H groups in total. The molecule has 122 valence electrons. The Labute approximate surface area is 133 Å². The normalized spacial score (nSPS) is 26.2. The maximum absolute atomic E-state index is 14.1. The van der Waals surface area contributed by atoms with E-state index in [9.17, 15) is 9.50 Å². The van der Waals surface area contributed by atoms with Gasteiger partial charge >= 0.3 is 0 Å². The van der Waals surface area contributed by atoms with Gasteiger partial charge < -0.3 is 15.2 Å². The minimum Gasteiger partial charge on any atom is -0.389 e. The molecular formula is C16H19FN4O2. The Morgan fingerprint density at radius 2 is 2.35 bits per heavy atom. The van der Waals surface area contributed by atoms with E-state index in [2.05, 4.69) is 22.0 Å². The molecule has 7 heteroatoms. The van der Waals surface area contributed by atoms with Crippen LogP contribution in [-0.4, -0.2) is 45.1 Å². The molecule has 2 fully saturated rings. The minimum absolute atomic E-state index is 0.167. The van der Waals surface area contributed by atoms with Gasteiger partial charge in [0.05, 0.1) is 30.6 Å². The fourth-order valence-electron chi connectivity index (χ4n) is 3.13. The van der Waals surface area contributed by atoms with E-state index in [-0.39, 0.29) is 17.3 Å². The zero-order chi connectivity index (χ0) is 16.0. The van der Waals surface area contributed by atoms with Crippen molar-refractivity contribution in [1.82, 2.24) is 14.6 Å². The van der Waals surface area contributed by atoms with Gasteiger partial charge in [-0.05, 0) is 25.3 Å². The molecule has 2 aliphatic rings. The number of ether oxygens (including phenoxy) is 1. The summed E-state index contributed by atoms with van der Waals surface area (Å²) in [5, 5.41) is 17.5. The molecule has 0 aromatic carbocycles. The molecule has 2 atom stereocenters. The van der Waals surface area contributed by atoms with E-state index in [1.54, 1.807) is 4.52 Å². The van der Waals surface area contributed by atoms with E-state index in [0.717, 1.165) is 18.5 Å². The predicted molar refractivity (Wildman–Crippen MR) is 82.9 cm³/mol. The first-order chi connectivity index (χ1) is 11.1. The maximum Gasteiger partial charge on any atom is 0.241 e. The number of aliphatic hydroxyl groups is 1. The van der Waals surface area contributed by atoms with E-state index in [1.165, 1.54) is 12.3 Å². The van der Waals surface area contributed by atoms with Gasteiger partial charge in [0.1, 0.15) is 5.52 Å². The minimum atomic E-state index is -0.605. The summed E-state index contributed by atoms with van der Waals surface area (Å²) >= 11 is 0. The van der Waals surface area contributed by atoms with Crippen LogP contribution in [0.3, 0.4) is 0 Å². The summed E-state index contributed by atoms with van der Waals surface area (Å²) in [6.07, 6.45) is 5.31. The highest BCUT2D eigenvalue weighted by molar-refractivity contribution is 5.53. The summed E-state index contributed by atoms with van der Waals surface area (Å²) in [5.41, 5.74) is 0.973. The van der Waals surface area contributed by atoms with E-state index in [1.807, 2.05) is 6.08 Å². The van der Waals surface area contributed by atoms with Gasteiger partial charge in [0.25, 0.3) is 0 Å². The second-order valence-corrected chi connectivity index (χ2v) is 6.30. The average molecular weight is 318 g/mol. The number of aliphatic hydroxyl groups excluding tert-OH is 1. The topological polar surface area (TPSA) is 71.7 Å². The molecule has 2 aromatic heterocycles. The van der Waals surface area contributed by atoms with Crippen LogP contribution in [0.1, 0.15) is 25.0 Å². The summed E-state index contributed by atoms with van der Waals surface area (Å²) < 4.78 is 21.0. The number of aromatic nitrogens is 3. The average Bonchev–Trinajstić information content (AvgIpc) is 3.29. The number of halogens is 1.